The maximum absolute atomic E-state index is 6.13. The number of ether oxygens (including phenoxy) is 1. The van der Waals surface area contributed by atoms with E-state index in [4.69, 9.17) is 4.74 Å². The lowest BCUT2D eigenvalue weighted by Crippen LogP contribution is -2.56. The average Bonchev–Trinajstić information content (AvgIpc) is 2.94. The van der Waals surface area contributed by atoms with Gasteiger partial charge in [-0.2, -0.15) is 0 Å². The summed E-state index contributed by atoms with van der Waals surface area (Å²) in [6.45, 7) is 10.8. The standard InChI is InChI=1S/C16H30N2O/c1-3-16(4-2)12-14(7-11-19-16)18-10-9-17-8-5-6-15(17)13-18/h14-15H,3-13H2,1-2H3. The van der Waals surface area contributed by atoms with E-state index >= 15 is 0 Å². The smallest absolute Gasteiger partial charge is 0.0692 e. The van der Waals surface area contributed by atoms with Crippen LogP contribution in [0.25, 0.3) is 0 Å². The molecule has 0 saturated carbocycles. The van der Waals surface area contributed by atoms with Crippen LogP contribution in [-0.2, 0) is 4.74 Å². The third kappa shape index (κ3) is 2.70. The molecule has 0 aromatic rings. The van der Waals surface area contributed by atoms with Crippen LogP contribution in [0.2, 0.25) is 0 Å². The third-order valence-electron chi connectivity index (χ3n) is 5.89. The molecule has 3 heterocycles. The van der Waals surface area contributed by atoms with Gasteiger partial charge in [0.2, 0.25) is 0 Å². The van der Waals surface area contributed by atoms with Crippen LogP contribution in [0.15, 0.2) is 0 Å². The zero-order valence-electron chi connectivity index (χ0n) is 12.7. The summed E-state index contributed by atoms with van der Waals surface area (Å²) in [7, 11) is 0. The largest absolute Gasteiger partial charge is 0.375 e. The average molecular weight is 266 g/mol. The van der Waals surface area contributed by atoms with E-state index in [1.54, 1.807) is 0 Å². The molecule has 2 atom stereocenters. The van der Waals surface area contributed by atoms with E-state index in [1.807, 2.05) is 0 Å². The summed E-state index contributed by atoms with van der Waals surface area (Å²) in [5.41, 5.74) is 0.176. The van der Waals surface area contributed by atoms with Crippen LogP contribution in [0, 0.1) is 0 Å². The first-order valence-corrected chi connectivity index (χ1v) is 8.38. The van der Waals surface area contributed by atoms with Crippen LogP contribution in [0.5, 0.6) is 0 Å². The summed E-state index contributed by atoms with van der Waals surface area (Å²) in [5.74, 6) is 0. The van der Waals surface area contributed by atoms with E-state index in [2.05, 4.69) is 23.6 Å². The van der Waals surface area contributed by atoms with Gasteiger partial charge in [0.25, 0.3) is 0 Å². The highest BCUT2D eigenvalue weighted by molar-refractivity contribution is 4.94. The molecule has 0 N–H and O–H groups in total. The zero-order chi connectivity index (χ0) is 13.3. The van der Waals surface area contributed by atoms with E-state index < -0.39 is 0 Å². The highest BCUT2D eigenvalue weighted by Crippen LogP contribution is 2.35. The Morgan fingerprint density at radius 1 is 1.00 bits per heavy atom. The normalized spacial score (nSPS) is 36.3. The Balaban J connectivity index is 1.62. The summed E-state index contributed by atoms with van der Waals surface area (Å²) >= 11 is 0. The first-order valence-electron chi connectivity index (χ1n) is 8.38. The molecule has 0 spiro atoms. The number of fused-ring (bicyclic) bond motifs is 1. The molecule has 3 heteroatoms. The molecule has 3 aliphatic rings. The second-order valence-corrected chi connectivity index (χ2v) is 6.71. The maximum atomic E-state index is 6.13. The fourth-order valence-corrected chi connectivity index (χ4v) is 4.40. The van der Waals surface area contributed by atoms with Crippen molar-refractivity contribution in [2.45, 2.75) is 70.1 Å². The van der Waals surface area contributed by atoms with Crippen LogP contribution >= 0.6 is 0 Å². The molecule has 19 heavy (non-hydrogen) atoms. The van der Waals surface area contributed by atoms with Crippen molar-refractivity contribution in [2.75, 3.05) is 32.8 Å². The van der Waals surface area contributed by atoms with Gasteiger partial charge in [-0.15, -0.1) is 0 Å². The Hall–Kier alpha value is -0.120. The van der Waals surface area contributed by atoms with Crippen molar-refractivity contribution in [3.8, 4) is 0 Å². The third-order valence-corrected chi connectivity index (χ3v) is 5.89. The second-order valence-electron chi connectivity index (χ2n) is 6.71. The molecule has 3 rings (SSSR count). The molecule has 2 unspecified atom stereocenters. The molecule has 0 bridgehead atoms. The molecule has 0 aromatic carbocycles. The first-order chi connectivity index (χ1) is 9.26. The van der Waals surface area contributed by atoms with Crippen molar-refractivity contribution in [2.24, 2.45) is 0 Å². The minimum Gasteiger partial charge on any atom is -0.375 e. The molecule has 110 valence electrons. The van der Waals surface area contributed by atoms with E-state index in [1.165, 1.54) is 64.7 Å². The number of hydrogen-bond acceptors (Lipinski definition) is 3. The Morgan fingerprint density at radius 2 is 1.79 bits per heavy atom. The van der Waals surface area contributed by atoms with Crippen molar-refractivity contribution in [3.63, 3.8) is 0 Å². The summed E-state index contributed by atoms with van der Waals surface area (Å²) in [6, 6.07) is 1.63. The highest BCUT2D eigenvalue weighted by atomic mass is 16.5. The van der Waals surface area contributed by atoms with Gasteiger partial charge in [-0.25, -0.2) is 0 Å². The number of hydrogen-bond donors (Lipinski definition) is 0. The van der Waals surface area contributed by atoms with Crippen molar-refractivity contribution in [3.05, 3.63) is 0 Å². The highest BCUT2D eigenvalue weighted by Gasteiger charge is 2.39. The molecular weight excluding hydrogens is 236 g/mol. The summed E-state index contributed by atoms with van der Waals surface area (Å²) < 4.78 is 6.13. The Morgan fingerprint density at radius 3 is 2.58 bits per heavy atom. The second kappa shape index (κ2) is 5.71. The minimum absolute atomic E-state index is 0.176. The van der Waals surface area contributed by atoms with Gasteiger partial charge in [-0.1, -0.05) is 13.8 Å². The Bertz CT molecular complexity index is 303. The summed E-state index contributed by atoms with van der Waals surface area (Å²) in [4.78, 5) is 5.50. The van der Waals surface area contributed by atoms with Crippen LogP contribution in [0.4, 0.5) is 0 Å². The van der Waals surface area contributed by atoms with Gasteiger partial charge in [0.15, 0.2) is 0 Å². The predicted octanol–water partition coefficient (Wildman–Crippen LogP) is 2.50. The van der Waals surface area contributed by atoms with E-state index in [-0.39, 0.29) is 5.60 Å². The van der Waals surface area contributed by atoms with Crippen LogP contribution in [-0.4, -0.2) is 60.3 Å². The minimum atomic E-state index is 0.176. The topological polar surface area (TPSA) is 15.7 Å². The van der Waals surface area contributed by atoms with E-state index in [0.717, 1.165) is 18.7 Å². The van der Waals surface area contributed by atoms with Crippen LogP contribution in [0.3, 0.4) is 0 Å². The quantitative estimate of drug-likeness (QED) is 0.780. The van der Waals surface area contributed by atoms with E-state index in [0.29, 0.717) is 0 Å². The summed E-state index contributed by atoms with van der Waals surface area (Å²) in [6.07, 6.45) is 7.68. The number of piperazine rings is 1. The van der Waals surface area contributed by atoms with Gasteiger partial charge in [0, 0.05) is 38.3 Å². The van der Waals surface area contributed by atoms with E-state index in [9.17, 15) is 0 Å². The van der Waals surface area contributed by atoms with Gasteiger partial charge >= 0.3 is 0 Å². The van der Waals surface area contributed by atoms with Gasteiger partial charge in [0.05, 0.1) is 5.60 Å². The van der Waals surface area contributed by atoms with Crippen molar-refractivity contribution < 1.29 is 4.74 Å². The van der Waals surface area contributed by atoms with Crippen molar-refractivity contribution >= 4 is 0 Å². The molecule has 0 amide bonds. The number of nitrogens with zero attached hydrogens (tertiary/aromatic N) is 2. The van der Waals surface area contributed by atoms with Crippen LogP contribution in [0.1, 0.15) is 52.4 Å². The molecule has 3 nitrogen and oxygen atoms in total. The molecule has 3 saturated heterocycles. The maximum Gasteiger partial charge on any atom is 0.0692 e. The zero-order valence-corrected chi connectivity index (χ0v) is 12.7. The van der Waals surface area contributed by atoms with Gasteiger partial charge in [0.1, 0.15) is 0 Å². The molecule has 0 aliphatic carbocycles. The van der Waals surface area contributed by atoms with Crippen molar-refractivity contribution in [1.29, 1.82) is 0 Å². The van der Waals surface area contributed by atoms with Gasteiger partial charge in [-0.05, 0) is 45.1 Å². The number of rotatable bonds is 3. The Kier molecular flexibility index (Phi) is 4.16. The molecule has 0 aromatic heterocycles. The molecule has 0 radical (unpaired) electrons. The van der Waals surface area contributed by atoms with Crippen molar-refractivity contribution in [1.82, 2.24) is 9.80 Å². The lowest BCUT2D eigenvalue weighted by molar-refractivity contribution is -0.115. The van der Waals surface area contributed by atoms with Gasteiger partial charge in [-0.3, -0.25) is 9.80 Å². The van der Waals surface area contributed by atoms with Crippen LogP contribution < -0.4 is 0 Å². The molecule has 3 fully saturated rings. The Labute approximate surface area is 118 Å². The SMILES string of the molecule is CCC1(CC)CC(N2CCN3CCCC3C2)CCO1. The first kappa shape index (κ1) is 13.8. The lowest BCUT2D eigenvalue weighted by atomic mass is 9.85. The predicted molar refractivity (Wildman–Crippen MR) is 78.5 cm³/mol. The fourth-order valence-electron chi connectivity index (χ4n) is 4.40. The molecule has 3 aliphatic heterocycles. The fraction of sp³-hybridized carbons (Fsp3) is 1.00. The summed E-state index contributed by atoms with van der Waals surface area (Å²) in [5, 5.41) is 0. The van der Waals surface area contributed by atoms with Gasteiger partial charge < -0.3 is 4.74 Å². The molecular formula is C16H30N2O. The lowest BCUT2D eigenvalue weighted by Gasteiger charge is -2.47. The monoisotopic (exact) mass is 266 g/mol.